The van der Waals surface area contributed by atoms with Crippen LogP contribution < -0.4 is 11.2 Å². The van der Waals surface area contributed by atoms with Crippen molar-refractivity contribution in [1.82, 2.24) is 0 Å². The van der Waals surface area contributed by atoms with Gasteiger partial charge in [0.1, 0.15) is 0 Å². The monoisotopic (exact) mass is 157 g/mol. The number of hydrogen-bond acceptors (Lipinski definition) is 3. The van der Waals surface area contributed by atoms with Crippen molar-refractivity contribution in [3.05, 3.63) is 30.3 Å². The van der Waals surface area contributed by atoms with Gasteiger partial charge in [0.25, 0.3) is 0 Å². The number of hydrogen-bond donors (Lipinski definition) is 2. The maximum atomic E-state index is 9.05. The number of rotatable bonds is 2. The highest BCUT2D eigenvalue weighted by molar-refractivity contribution is 7.54. The van der Waals surface area contributed by atoms with E-state index in [4.69, 9.17) is 10.8 Å². The SMILES string of the molecule is NOP(O)c1ccccc1. The summed E-state index contributed by atoms with van der Waals surface area (Å²) in [4.78, 5) is 9.05. The van der Waals surface area contributed by atoms with Gasteiger partial charge in [-0.3, -0.25) is 0 Å². The van der Waals surface area contributed by atoms with Crippen LogP contribution in [0.2, 0.25) is 0 Å². The minimum Gasteiger partial charge on any atom is -0.345 e. The van der Waals surface area contributed by atoms with Gasteiger partial charge in [0.2, 0.25) is 8.38 Å². The Morgan fingerprint density at radius 1 is 1.30 bits per heavy atom. The molecule has 1 unspecified atom stereocenters. The molecule has 0 heterocycles. The quantitative estimate of drug-likeness (QED) is 0.485. The van der Waals surface area contributed by atoms with E-state index in [0.717, 1.165) is 5.30 Å². The summed E-state index contributed by atoms with van der Waals surface area (Å²) in [7, 11) is -1.60. The molecule has 0 aliphatic rings. The molecular weight excluding hydrogens is 149 g/mol. The van der Waals surface area contributed by atoms with Crippen LogP contribution in [0.1, 0.15) is 0 Å². The first-order valence-corrected chi connectivity index (χ1v) is 3.96. The third-order valence-corrected chi connectivity index (χ3v) is 2.02. The van der Waals surface area contributed by atoms with Crippen LogP contribution in [0, 0.1) is 0 Å². The first-order chi connectivity index (χ1) is 4.84. The van der Waals surface area contributed by atoms with Gasteiger partial charge in [0.15, 0.2) is 0 Å². The number of benzene rings is 1. The van der Waals surface area contributed by atoms with Gasteiger partial charge in [-0.25, -0.2) is 10.5 Å². The van der Waals surface area contributed by atoms with Crippen LogP contribution in [-0.4, -0.2) is 4.89 Å². The largest absolute Gasteiger partial charge is 0.345 e. The van der Waals surface area contributed by atoms with Gasteiger partial charge >= 0.3 is 0 Å². The van der Waals surface area contributed by atoms with Gasteiger partial charge in [-0.1, -0.05) is 18.2 Å². The molecule has 1 aromatic rings. The minimum absolute atomic E-state index is 0.722. The van der Waals surface area contributed by atoms with E-state index >= 15 is 0 Å². The van der Waals surface area contributed by atoms with Gasteiger partial charge in [-0.05, 0) is 12.1 Å². The molecule has 0 aliphatic heterocycles. The van der Waals surface area contributed by atoms with Crippen LogP contribution in [0.15, 0.2) is 30.3 Å². The first-order valence-electron chi connectivity index (χ1n) is 2.75. The highest BCUT2D eigenvalue weighted by Crippen LogP contribution is 2.26. The lowest BCUT2D eigenvalue weighted by Crippen LogP contribution is -2.04. The summed E-state index contributed by atoms with van der Waals surface area (Å²) in [5.41, 5.74) is 0. The number of nitrogens with two attached hydrogens (primary N) is 1. The van der Waals surface area contributed by atoms with Crippen molar-refractivity contribution in [1.29, 1.82) is 0 Å². The molecule has 0 bridgehead atoms. The second-order valence-electron chi connectivity index (χ2n) is 1.71. The predicted octanol–water partition coefficient (Wildman–Crippen LogP) is 0.506. The molecule has 0 saturated heterocycles. The highest BCUT2D eigenvalue weighted by atomic mass is 31.2. The van der Waals surface area contributed by atoms with Crippen LogP contribution in [0.25, 0.3) is 0 Å². The molecule has 0 amide bonds. The van der Waals surface area contributed by atoms with E-state index in [0.29, 0.717) is 0 Å². The van der Waals surface area contributed by atoms with Crippen molar-refractivity contribution in [2.24, 2.45) is 5.90 Å². The Morgan fingerprint density at radius 3 is 2.40 bits per heavy atom. The Hall–Kier alpha value is -0.470. The molecule has 0 radical (unpaired) electrons. The van der Waals surface area contributed by atoms with Crippen LogP contribution in [-0.2, 0) is 4.62 Å². The van der Waals surface area contributed by atoms with Gasteiger partial charge in [-0.15, -0.1) is 0 Å². The molecule has 3 nitrogen and oxygen atoms in total. The molecule has 54 valence electrons. The fraction of sp³-hybridized carbons (Fsp3) is 0. The second-order valence-corrected chi connectivity index (χ2v) is 2.99. The van der Waals surface area contributed by atoms with Gasteiger partial charge < -0.3 is 4.89 Å². The Bertz CT molecular complexity index is 192. The van der Waals surface area contributed by atoms with E-state index in [9.17, 15) is 0 Å². The average molecular weight is 157 g/mol. The van der Waals surface area contributed by atoms with Crippen LogP contribution >= 0.6 is 8.38 Å². The molecule has 0 saturated carbocycles. The zero-order valence-corrected chi connectivity index (χ0v) is 6.16. The smallest absolute Gasteiger partial charge is 0.222 e. The zero-order valence-electron chi connectivity index (χ0n) is 5.27. The Balaban J connectivity index is 2.75. The van der Waals surface area contributed by atoms with Crippen molar-refractivity contribution >= 4 is 13.7 Å². The van der Waals surface area contributed by atoms with Crippen LogP contribution in [0.3, 0.4) is 0 Å². The Labute approximate surface area is 60.3 Å². The van der Waals surface area contributed by atoms with Gasteiger partial charge in [0, 0.05) is 5.30 Å². The molecule has 1 rings (SSSR count). The minimum atomic E-state index is -1.60. The maximum absolute atomic E-state index is 9.05. The summed E-state index contributed by atoms with van der Waals surface area (Å²) in [6.07, 6.45) is 0. The van der Waals surface area contributed by atoms with Crippen molar-refractivity contribution < 1.29 is 9.52 Å². The maximum Gasteiger partial charge on any atom is 0.222 e. The highest BCUT2D eigenvalue weighted by Gasteiger charge is 2.04. The summed E-state index contributed by atoms with van der Waals surface area (Å²) in [6, 6.07) is 9.03. The van der Waals surface area contributed by atoms with Crippen molar-refractivity contribution in [2.45, 2.75) is 0 Å². The molecule has 1 aromatic carbocycles. The van der Waals surface area contributed by atoms with E-state index in [1.54, 1.807) is 12.1 Å². The first kappa shape index (κ1) is 7.63. The standard InChI is InChI=1S/C6H8NO2P/c7-9-10(8)6-4-2-1-3-5-6/h1-5,8H,7H2. The lowest BCUT2D eigenvalue weighted by Gasteiger charge is -2.03. The molecule has 4 heteroatoms. The van der Waals surface area contributed by atoms with Crippen molar-refractivity contribution in [2.75, 3.05) is 0 Å². The molecule has 0 aromatic heterocycles. The van der Waals surface area contributed by atoms with Crippen LogP contribution in [0.4, 0.5) is 0 Å². The normalized spacial score (nSPS) is 13.0. The van der Waals surface area contributed by atoms with Crippen LogP contribution in [0.5, 0.6) is 0 Å². The molecule has 1 atom stereocenters. The Morgan fingerprint density at radius 2 is 1.90 bits per heavy atom. The lowest BCUT2D eigenvalue weighted by molar-refractivity contribution is 0.332. The zero-order chi connectivity index (χ0) is 7.40. The average Bonchev–Trinajstić information content (AvgIpc) is 2.05. The molecular formula is C6H8NO2P. The summed E-state index contributed by atoms with van der Waals surface area (Å²) in [6.45, 7) is 0. The van der Waals surface area contributed by atoms with Crippen molar-refractivity contribution in [3.8, 4) is 0 Å². The van der Waals surface area contributed by atoms with Gasteiger partial charge in [0.05, 0.1) is 0 Å². The van der Waals surface area contributed by atoms with Crippen molar-refractivity contribution in [3.63, 3.8) is 0 Å². The van der Waals surface area contributed by atoms with E-state index < -0.39 is 8.38 Å². The summed E-state index contributed by atoms with van der Waals surface area (Å²) < 4.78 is 4.26. The topological polar surface area (TPSA) is 55.5 Å². The second kappa shape index (κ2) is 3.64. The molecule has 0 aliphatic carbocycles. The molecule has 3 N–H and O–H groups in total. The molecule has 0 spiro atoms. The summed E-state index contributed by atoms with van der Waals surface area (Å²) in [5.74, 6) is 4.78. The third-order valence-electron chi connectivity index (χ3n) is 1.08. The summed E-state index contributed by atoms with van der Waals surface area (Å²) in [5, 5.41) is 0.722. The Kier molecular flexibility index (Phi) is 2.78. The predicted molar refractivity (Wildman–Crippen MR) is 40.5 cm³/mol. The fourth-order valence-corrected chi connectivity index (χ4v) is 1.17. The van der Waals surface area contributed by atoms with E-state index in [2.05, 4.69) is 4.62 Å². The molecule has 10 heavy (non-hydrogen) atoms. The fourth-order valence-electron chi connectivity index (χ4n) is 0.616. The molecule has 0 fully saturated rings. The van der Waals surface area contributed by atoms with Gasteiger partial charge in [-0.2, -0.15) is 0 Å². The summed E-state index contributed by atoms with van der Waals surface area (Å²) >= 11 is 0. The van der Waals surface area contributed by atoms with E-state index in [1.165, 1.54) is 0 Å². The van der Waals surface area contributed by atoms with E-state index in [-0.39, 0.29) is 0 Å². The lowest BCUT2D eigenvalue weighted by atomic mass is 10.4. The third kappa shape index (κ3) is 1.75. The van der Waals surface area contributed by atoms with E-state index in [1.807, 2.05) is 18.2 Å².